The fourth-order valence-electron chi connectivity index (χ4n) is 2.00. The molecule has 0 aliphatic heterocycles. The zero-order chi connectivity index (χ0) is 17.7. The molecule has 7 heteroatoms. The van der Waals surface area contributed by atoms with Gasteiger partial charge in [0.15, 0.2) is 0 Å². The van der Waals surface area contributed by atoms with Crippen LogP contribution in [0.4, 0.5) is 14.5 Å². The van der Waals surface area contributed by atoms with E-state index < -0.39 is 17.5 Å². The Morgan fingerprint density at radius 3 is 2.54 bits per heavy atom. The van der Waals surface area contributed by atoms with Crippen molar-refractivity contribution in [1.29, 1.82) is 0 Å². The van der Waals surface area contributed by atoms with Crippen LogP contribution in [0.2, 0.25) is 0 Å². The Morgan fingerprint density at radius 2 is 1.88 bits per heavy atom. The third-order valence-corrected chi connectivity index (χ3v) is 4.14. The van der Waals surface area contributed by atoms with Crippen LogP contribution in [0.5, 0.6) is 0 Å². The molecule has 0 aromatic heterocycles. The van der Waals surface area contributed by atoms with Gasteiger partial charge < -0.3 is 10.6 Å². The van der Waals surface area contributed by atoms with Crippen molar-refractivity contribution in [2.24, 2.45) is 0 Å². The maximum absolute atomic E-state index is 13.5. The second-order valence-corrected chi connectivity index (χ2v) is 6.00. The van der Waals surface area contributed by atoms with E-state index in [0.29, 0.717) is 11.8 Å². The van der Waals surface area contributed by atoms with E-state index in [9.17, 15) is 18.4 Å². The van der Waals surface area contributed by atoms with Gasteiger partial charge in [0.25, 0.3) is 5.91 Å². The Morgan fingerprint density at radius 1 is 1.12 bits per heavy atom. The lowest BCUT2D eigenvalue weighted by molar-refractivity contribution is -0.116. The van der Waals surface area contributed by atoms with E-state index in [1.54, 1.807) is 6.07 Å². The van der Waals surface area contributed by atoms with Gasteiger partial charge in [-0.3, -0.25) is 9.59 Å². The van der Waals surface area contributed by atoms with Gasteiger partial charge in [0.2, 0.25) is 5.91 Å². The minimum absolute atomic E-state index is 0.0314. The van der Waals surface area contributed by atoms with Crippen LogP contribution in [-0.2, 0) is 4.79 Å². The van der Waals surface area contributed by atoms with Crippen molar-refractivity contribution >= 4 is 33.4 Å². The molecule has 2 aromatic carbocycles. The molecule has 0 saturated carbocycles. The fraction of sp³-hybridized carbons (Fsp3) is 0.176. The summed E-state index contributed by atoms with van der Waals surface area (Å²) < 4.78 is 27.2. The average Bonchev–Trinajstić information content (AvgIpc) is 2.50. The van der Waals surface area contributed by atoms with Crippen molar-refractivity contribution in [3.63, 3.8) is 0 Å². The first-order valence-corrected chi connectivity index (χ1v) is 7.95. The maximum atomic E-state index is 13.5. The highest BCUT2D eigenvalue weighted by Crippen LogP contribution is 2.20. The zero-order valence-electron chi connectivity index (χ0n) is 12.8. The van der Waals surface area contributed by atoms with E-state index >= 15 is 0 Å². The first kappa shape index (κ1) is 18.1. The number of hydrogen-bond acceptors (Lipinski definition) is 2. The lowest BCUT2D eigenvalue weighted by atomic mass is 10.2. The monoisotopic (exact) mass is 396 g/mol. The van der Waals surface area contributed by atoms with Gasteiger partial charge in [0, 0.05) is 29.2 Å². The first-order chi connectivity index (χ1) is 11.4. The van der Waals surface area contributed by atoms with Gasteiger partial charge in [-0.15, -0.1) is 0 Å². The van der Waals surface area contributed by atoms with E-state index in [0.717, 1.165) is 22.2 Å². The van der Waals surface area contributed by atoms with E-state index in [-0.39, 0.29) is 24.4 Å². The Kier molecular flexibility index (Phi) is 6.03. The molecule has 0 atom stereocenters. The third kappa shape index (κ3) is 4.86. The molecular formula is C17H15BrF2N2O2. The summed E-state index contributed by atoms with van der Waals surface area (Å²) in [5, 5.41) is 5.13. The average molecular weight is 397 g/mol. The van der Waals surface area contributed by atoms with Crippen molar-refractivity contribution in [2.45, 2.75) is 13.3 Å². The van der Waals surface area contributed by atoms with Crippen LogP contribution in [-0.4, -0.2) is 18.4 Å². The molecule has 2 rings (SSSR count). The molecule has 126 valence electrons. The molecule has 2 amide bonds. The predicted molar refractivity (Wildman–Crippen MR) is 90.8 cm³/mol. The summed E-state index contributed by atoms with van der Waals surface area (Å²) in [6.07, 6.45) is 0.0314. The van der Waals surface area contributed by atoms with Crippen LogP contribution in [0.1, 0.15) is 22.3 Å². The van der Waals surface area contributed by atoms with Crippen LogP contribution >= 0.6 is 15.9 Å². The van der Waals surface area contributed by atoms with E-state index in [1.807, 2.05) is 19.1 Å². The number of carbonyl (C=O) groups is 2. The van der Waals surface area contributed by atoms with Gasteiger partial charge in [-0.2, -0.15) is 0 Å². The van der Waals surface area contributed by atoms with Crippen LogP contribution in [0.3, 0.4) is 0 Å². The van der Waals surface area contributed by atoms with Gasteiger partial charge in [0.05, 0.1) is 5.56 Å². The summed E-state index contributed by atoms with van der Waals surface area (Å²) in [6.45, 7) is 1.94. The Balaban J connectivity index is 1.83. The Labute approximate surface area is 146 Å². The molecule has 0 bridgehead atoms. The maximum Gasteiger partial charge on any atom is 0.254 e. The summed E-state index contributed by atoms with van der Waals surface area (Å²) in [6, 6.07) is 8.09. The molecule has 0 unspecified atom stereocenters. The number of carbonyl (C=O) groups excluding carboxylic acids is 2. The van der Waals surface area contributed by atoms with Crippen molar-refractivity contribution in [3.8, 4) is 0 Å². The quantitative estimate of drug-likeness (QED) is 0.807. The first-order valence-electron chi connectivity index (χ1n) is 7.16. The van der Waals surface area contributed by atoms with Gasteiger partial charge >= 0.3 is 0 Å². The topological polar surface area (TPSA) is 58.2 Å². The second-order valence-electron chi connectivity index (χ2n) is 5.14. The number of nitrogens with one attached hydrogen (secondary N) is 2. The summed E-state index contributed by atoms with van der Waals surface area (Å²) in [7, 11) is 0. The summed E-state index contributed by atoms with van der Waals surface area (Å²) in [5.41, 5.74) is 1.37. The molecule has 0 heterocycles. The van der Waals surface area contributed by atoms with Crippen molar-refractivity contribution in [1.82, 2.24) is 5.32 Å². The fourth-order valence-corrected chi connectivity index (χ4v) is 2.25. The molecule has 0 spiro atoms. The SMILES string of the molecule is Cc1cc(NC(=O)CCNC(=O)c2ccc(F)cc2F)ccc1Br. The summed E-state index contributed by atoms with van der Waals surface area (Å²) in [4.78, 5) is 23.6. The highest BCUT2D eigenvalue weighted by molar-refractivity contribution is 9.10. The molecule has 2 aromatic rings. The van der Waals surface area contributed by atoms with E-state index in [1.165, 1.54) is 0 Å². The van der Waals surface area contributed by atoms with Crippen LogP contribution in [0.15, 0.2) is 40.9 Å². The normalized spacial score (nSPS) is 10.3. The highest BCUT2D eigenvalue weighted by atomic mass is 79.9. The molecule has 24 heavy (non-hydrogen) atoms. The van der Waals surface area contributed by atoms with Crippen LogP contribution in [0.25, 0.3) is 0 Å². The van der Waals surface area contributed by atoms with Gasteiger partial charge in [-0.1, -0.05) is 15.9 Å². The Bertz CT molecular complexity index is 781. The molecule has 0 radical (unpaired) electrons. The largest absolute Gasteiger partial charge is 0.351 e. The minimum atomic E-state index is -0.942. The van der Waals surface area contributed by atoms with Crippen molar-refractivity contribution in [2.75, 3.05) is 11.9 Å². The minimum Gasteiger partial charge on any atom is -0.351 e. The highest BCUT2D eigenvalue weighted by Gasteiger charge is 2.12. The van der Waals surface area contributed by atoms with Gasteiger partial charge in [0.1, 0.15) is 11.6 Å². The molecular weight excluding hydrogens is 382 g/mol. The third-order valence-electron chi connectivity index (χ3n) is 3.26. The smallest absolute Gasteiger partial charge is 0.254 e. The lowest BCUT2D eigenvalue weighted by Crippen LogP contribution is -2.28. The number of aryl methyl sites for hydroxylation is 1. The molecule has 0 fully saturated rings. The zero-order valence-corrected chi connectivity index (χ0v) is 14.4. The standard InChI is InChI=1S/C17H15BrF2N2O2/c1-10-8-12(3-5-14(10)18)22-16(23)6-7-21-17(24)13-4-2-11(19)9-15(13)20/h2-5,8-9H,6-7H2,1H3,(H,21,24)(H,22,23). The van der Waals surface area contributed by atoms with Gasteiger partial charge in [-0.05, 0) is 42.8 Å². The number of amides is 2. The molecule has 2 N–H and O–H groups in total. The predicted octanol–water partition coefficient (Wildman–Crippen LogP) is 3.79. The molecule has 0 saturated heterocycles. The number of anilines is 1. The van der Waals surface area contributed by atoms with Crippen LogP contribution < -0.4 is 10.6 Å². The van der Waals surface area contributed by atoms with E-state index in [2.05, 4.69) is 26.6 Å². The Hall–Kier alpha value is -2.28. The second kappa shape index (κ2) is 8.01. The van der Waals surface area contributed by atoms with Crippen LogP contribution in [0, 0.1) is 18.6 Å². The van der Waals surface area contributed by atoms with Crippen molar-refractivity contribution < 1.29 is 18.4 Å². The molecule has 0 aliphatic rings. The lowest BCUT2D eigenvalue weighted by Gasteiger charge is -2.08. The number of halogens is 3. The van der Waals surface area contributed by atoms with Gasteiger partial charge in [-0.25, -0.2) is 8.78 Å². The number of benzene rings is 2. The van der Waals surface area contributed by atoms with E-state index in [4.69, 9.17) is 0 Å². The number of hydrogen-bond donors (Lipinski definition) is 2. The summed E-state index contributed by atoms with van der Waals surface area (Å²) >= 11 is 3.37. The summed E-state index contributed by atoms with van der Waals surface area (Å²) in [5.74, 6) is -2.67. The molecule has 0 aliphatic carbocycles. The number of rotatable bonds is 5. The van der Waals surface area contributed by atoms with Crippen molar-refractivity contribution in [3.05, 3.63) is 63.6 Å². The molecule has 4 nitrogen and oxygen atoms in total.